The summed E-state index contributed by atoms with van der Waals surface area (Å²) in [6, 6.07) is 0. The fourth-order valence-electron chi connectivity index (χ4n) is 2.88. The molecule has 124 valence electrons. The molecule has 0 atom stereocenters. The molecule has 7 heteroatoms. The Labute approximate surface area is 132 Å². The first-order valence-corrected chi connectivity index (χ1v) is 7.78. The van der Waals surface area contributed by atoms with E-state index in [1.165, 1.54) is 0 Å². The van der Waals surface area contributed by atoms with Crippen LogP contribution in [0.1, 0.15) is 18.2 Å². The lowest BCUT2D eigenvalue weighted by atomic mass is 10.2. The van der Waals surface area contributed by atoms with Crippen LogP contribution in [0.25, 0.3) is 0 Å². The van der Waals surface area contributed by atoms with Crippen molar-refractivity contribution in [1.82, 2.24) is 24.9 Å². The van der Waals surface area contributed by atoms with Crippen molar-refractivity contribution < 1.29 is 9.53 Å². The van der Waals surface area contributed by atoms with E-state index >= 15 is 0 Å². The fraction of sp³-hybridized carbons (Fsp3) is 0.733. The Balaban J connectivity index is 1.71. The predicted octanol–water partition coefficient (Wildman–Crippen LogP) is -0.00918. The minimum absolute atomic E-state index is 0.178. The Bertz CT molecular complexity index is 506. The number of piperazine rings is 1. The molecule has 0 unspecified atom stereocenters. The molecule has 7 nitrogen and oxygen atoms in total. The number of ether oxygens (including phenoxy) is 1. The summed E-state index contributed by atoms with van der Waals surface area (Å²) in [6.45, 7) is 9.89. The van der Waals surface area contributed by atoms with Crippen molar-refractivity contribution in [3.8, 4) is 5.88 Å². The van der Waals surface area contributed by atoms with Crippen LogP contribution in [0.3, 0.4) is 0 Å². The van der Waals surface area contributed by atoms with Crippen molar-refractivity contribution in [2.75, 3.05) is 46.4 Å². The smallest absolute Gasteiger partial charge is 0.219 e. The average molecular weight is 309 g/mol. The van der Waals surface area contributed by atoms with E-state index in [4.69, 9.17) is 4.74 Å². The Hall–Kier alpha value is -1.60. The van der Waals surface area contributed by atoms with Crippen LogP contribution in [0.5, 0.6) is 5.88 Å². The molecule has 2 heterocycles. The van der Waals surface area contributed by atoms with Crippen molar-refractivity contribution in [1.29, 1.82) is 0 Å². The molecule has 1 N–H and O–H groups in total. The van der Waals surface area contributed by atoms with Gasteiger partial charge >= 0.3 is 0 Å². The van der Waals surface area contributed by atoms with Crippen LogP contribution in [0.4, 0.5) is 0 Å². The second-order valence-corrected chi connectivity index (χ2v) is 5.72. The maximum Gasteiger partial charge on any atom is 0.219 e. The zero-order valence-electron chi connectivity index (χ0n) is 14.1. The normalized spacial score (nSPS) is 16.1. The molecule has 1 aliphatic rings. The zero-order valence-corrected chi connectivity index (χ0v) is 14.1. The molecule has 0 aromatic carbocycles. The summed E-state index contributed by atoms with van der Waals surface area (Å²) in [7, 11) is 3.57. The lowest BCUT2D eigenvalue weighted by Gasteiger charge is -2.34. The third-order valence-electron chi connectivity index (χ3n) is 4.21. The first kappa shape index (κ1) is 16.8. The molecule has 0 bridgehead atoms. The van der Waals surface area contributed by atoms with E-state index in [0.717, 1.165) is 63.0 Å². The molecule has 22 heavy (non-hydrogen) atoms. The quantitative estimate of drug-likeness (QED) is 0.749. The van der Waals surface area contributed by atoms with Crippen molar-refractivity contribution in [2.45, 2.75) is 20.4 Å². The SMILES string of the molecule is COc1c(CNCCN2CCN(C(C)=O)CC2)c(C)nn1C. The molecule has 0 saturated carbocycles. The highest BCUT2D eigenvalue weighted by Gasteiger charge is 2.18. The highest BCUT2D eigenvalue weighted by Crippen LogP contribution is 2.20. The van der Waals surface area contributed by atoms with Crippen molar-refractivity contribution in [2.24, 2.45) is 7.05 Å². The van der Waals surface area contributed by atoms with E-state index in [9.17, 15) is 4.79 Å². The number of carbonyl (C=O) groups excluding carboxylic acids is 1. The number of carbonyl (C=O) groups is 1. The first-order chi connectivity index (χ1) is 10.5. The summed E-state index contributed by atoms with van der Waals surface area (Å²) < 4.78 is 7.16. The van der Waals surface area contributed by atoms with Crippen LogP contribution >= 0.6 is 0 Å². The number of aryl methyl sites for hydroxylation is 2. The standard InChI is InChI=1S/C15H27N5O2/c1-12-14(15(22-4)18(3)17-12)11-16-5-6-19-7-9-20(10-8-19)13(2)21/h16H,5-11H2,1-4H3. The largest absolute Gasteiger partial charge is 0.481 e. The molecule has 2 rings (SSSR count). The van der Waals surface area contributed by atoms with Gasteiger partial charge in [0.15, 0.2) is 0 Å². The number of hydrogen-bond donors (Lipinski definition) is 1. The van der Waals surface area contributed by atoms with Crippen LogP contribution in [-0.4, -0.2) is 71.9 Å². The van der Waals surface area contributed by atoms with E-state index in [0.29, 0.717) is 0 Å². The zero-order chi connectivity index (χ0) is 16.1. The summed E-state index contributed by atoms with van der Waals surface area (Å²) in [6.07, 6.45) is 0. The number of rotatable bonds is 6. The van der Waals surface area contributed by atoms with Gasteiger partial charge in [-0.05, 0) is 6.92 Å². The van der Waals surface area contributed by atoms with Crippen molar-refractivity contribution in [3.63, 3.8) is 0 Å². The Morgan fingerprint density at radius 3 is 2.59 bits per heavy atom. The van der Waals surface area contributed by atoms with Gasteiger partial charge < -0.3 is 15.0 Å². The lowest BCUT2D eigenvalue weighted by Crippen LogP contribution is -2.49. The van der Waals surface area contributed by atoms with Gasteiger partial charge in [-0.3, -0.25) is 9.69 Å². The van der Waals surface area contributed by atoms with Gasteiger partial charge in [0.05, 0.1) is 18.4 Å². The average Bonchev–Trinajstić information content (AvgIpc) is 2.77. The number of hydrogen-bond acceptors (Lipinski definition) is 5. The van der Waals surface area contributed by atoms with Gasteiger partial charge in [-0.2, -0.15) is 5.10 Å². The summed E-state index contributed by atoms with van der Waals surface area (Å²) >= 11 is 0. The number of nitrogens with zero attached hydrogens (tertiary/aromatic N) is 4. The molecule has 0 radical (unpaired) electrons. The molecule has 0 spiro atoms. The van der Waals surface area contributed by atoms with Gasteiger partial charge in [-0.15, -0.1) is 0 Å². The molecule has 1 aromatic rings. The highest BCUT2D eigenvalue weighted by molar-refractivity contribution is 5.73. The number of methoxy groups -OCH3 is 1. The molecule has 1 fully saturated rings. The van der Waals surface area contributed by atoms with E-state index in [-0.39, 0.29) is 5.91 Å². The lowest BCUT2D eigenvalue weighted by molar-refractivity contribution is -0.130. The Kier molecular flexibility index (Phi) is 5.79. The van der Waals surface area contributed by atoms with Crippen LogP contribution < -0.4 is 10.1 Å². The molecular formula is C15H27N5O2. The summed E-state index contributed by atoms with van der Waals surface area (Å²) in [5.74, 6) is 0.997. The number of amides is 1. The maximum absolute atomic E-state index is 11.3. The molecule has 1 saturated heterocycles. The number of nitrogens with one attached hydrogen (secondary N) is 1. The summed E-state index contributed by atoms with van der Waals surface area (Å²) in [4.78, 5) is 15.6. The van der Waals surface area contributed by atoms with E-state index < -0.39 is 0 Å². The van der Waals surface area contributed by atoms with Crippen molar-refractivity contribution in [3.05, 3.63) is 11.3 Å². The Morgan fingerprint density at radius 2 is 2.00 bits per heavy atom. The monoisotopic (exact) mass is 309 g/mol. The van der Waals surface area contributed by atoms with E-state index in [2.05, 4.69) is 15.3 Å². The van der Waals surface area contributed by atoms with Gasteiger partial charge in [0.2, 0.25) is 11.8 Å². The predicted molar refractivity (Wildman–Crippen MR) is 84.9 cm³/mol. The third kappa shape index (κ3) is 3.98. The maximum atomic E-state index is 11.3. The first-order valence-electron chi connectivity index (χ1n) is 7.78. The molecule has 0 aliphatic carbocycles. The van der Waals surface area contributed by atoms with Gasteiger partial charge in [0.25, 0.3) is 0 Å². The summed E-state index contributed by atoms with van der Waals surface area (Å²) in [5.41, 5.74) is 2.12. The minimum atomic E-state index is 0.178. The van der Waals surface area contributed by atoms with Gasteiger partial charge in [0.1, 0.15) is 0 Å². The van der Waals surface area contributed by atoms with Crippen LogP contribution in [0, 0.1) is 6.92 Å². The number of aromatic nitrogens is 2. The van der Waals surface area contributed by atoms with Gasteiger partial charge in [0, 0.05) is 59.8 Å². The fourth-order valence-corrected chi connectivity index (χ4v) is 2.88. The van der Waals surface area contributed by atoms with E-state index in [1.807, 2.05) is 18.9 Å². The van der Waals surface area contributed by atoms with Crippen LogP contribution in [0.2, 0.25) is 0 Å². The van der Waals surface area contributed by atoms with Gasteiger partial charge in [-0.25, -0.2) is 4.68 Å². The van der Waals surface area contributed by atoms with Crippen molar-refractivity contribution >= 4 is 5.91 Å². The molecule has 1 aliphatic heterocycles. The molecule has 1 aromatic heterocycles. The van der Waals surface area contributed by atoms with Gasteiger partial charge in [-0.1, -0.05) is 0 Å². The van der Waals surface area contributed by atoms with Crippen LogP contribution in [-0.2, 0) is 18.4 Å². The van der Waals surface area contributed by atoms with E-state index in [1.54, 1.807) is 18.7 Å². The third-order valence-corrected chi connectivity index (χ3v) is 4.21. The van der Waals surface area contributed by atoms with Crippen LogP contribution in [0.15, 0.2) is 0 Å². The minimum Gasteiger partial charge on any atom is -0.481 e. The topological polar surface area (TPSA) is 62.6 Å². The highest BCUT2D eigenvalue weighted by atomic mass is 16.5. The summed E-state index contributed by atoms with van der Waals surface area (Å²) in [5, 5.41) is 7.84. The Morgan fingerprint density at radius 1 is 1.32 bits per heavy atom. The molecular weight excluding hydrogens is 282 g/mol. The second-order valence-electron chi connectivity index (χ2n) is 5.72. The molecule has 1 amide bonds. The second kappa shape index (κ2) is 7.60.